The maximum absolute atomic E-state index is 12.0. The minimum Gasteiger partial charge on any atom is -0.356 e. The second-order valence-corrected chi connectivity index (χ2v) is 6.09. The lowest BCUT2D eigenvalue weighted by Crippen LogP contribution is -2.40. The van der Waals surface area contributed by atoms with Crippen LogP contribution in [0.3, 0.4) is 0 Å². The summed E-state index contributed by atoms with van der Waals surface area (Å²) in [5.41, 5.74) is 1.34. The van der Waals surface area contributed by atoms with Crippen molar-refractivity contribution in [3.8, 4) is 0 Å². The minimum atomic E-state index is 0.195. The van der Waals surface area contributed by atoms with Crippen molar-refractivity contribution in [2.24, 2.45) is 0 Å². The van der Waals surface area contributed by atoms with Gasteiger partial charge in [0.15, 0.2) is 0 Å². The monoisotopic (exact) mass is 288 g/mol. The number of hydrogen-bond acceptors (Lipinski definition) is 2. The number of nitrogens with zero attached hydrogens (tertiary/aromatic N) is 1. The van der Waals surface area contributed by atoms with E-state index in [9.17, 15) is 4.79 Å². The molecule has 1 amide bonds. The van der Waals surface area contributed by atoms with Crippen LogP contribution in [0.1, 0.15) is 44.6 Å². The largest absolute Gasteiger partial charge is 0.356 e. The number of piperidine rings is 1. The molecule has 1 atom stereocenters. The Kier molecular flexibility index (Phi) is 6.74. The van der Waals surface area contributed by atoms with Crippen LogP contribution in [0.2, 0.25) is 0 Å². The van der Waals surface area contributed by atoms with E-state index >= 15 is 0 Å². The number of benzene rings is 1. The summed E-state index contributed by atoms with van der Waals surface area (Å²) in [5, 5.41) is 3.06. The van der Waals surface area contributed by atoms with E-state index < -0.39 is 0 Å². The molecule has 1 aromatic carbocycles. The molecule has 0 bridgehead atoms. The molecule has 1 aromatic rings. The number of nitrogens with one attached hydrogen (secondary N) is 1. The van der Waals surface area contributed by atoms with Gasteiger partial charge in [-0.05, 0) is 51.3 Å². The molecule has 0 radical (unpaired) electrons. The van der Waals surface area contributed by atoms with Crippen molar-refractivity contribution >= 4 is 5.91 Å². The molecule has 0 aromatic heterocycles. The van der Waals surface area contributed by atoms with Crippen LogP contribution in [0, 0.1) is 0 Å². The Labute approximate surface area is 128 Å². The third-order valence-corrected chi connectivity index (χ3v) is 4.30. The highest BCUT2D eigenvalue weighted by Gasteiger charge is 2.18. The Morgan fingerprint density at radius 1 is 1.19 bits per heavy atom. The van der Waals surface area contributed by atoms with Crippen LogP contribution in [-0.4, -0.2) is 36.5 Å². The quantitative estimate of drug-likeness (QED) is 0.782. The van der Waals surface area contributed by atoms with Gasteiger partial charge in [0.25, 0.3) is 0 Å². The van der Waals surface area contributed by atoms with Crippen LogP contribution >= 0.6 is 0 Å². The van der Waals surface area contributed by atoms with E-state index in [2.05, 4.69) is 41.4 Å². The molecule has 3 nitrogen and oxygen atoms in total. The van der Waals surface area contributed by atoms with Crippen molar-refractivity contribution < 1.29 is 4.79 Å². The van der Waals surface area contributed by atoms with Gasteiger partial charge in [0, 0.05) is 19.0 Å². The first-order valence-electron chi connectivity index (χ1n) is 8.30. The first-order valence-corrected chi connectivity index (χ1v) is 8.30. The number of rotatable bonds is 7. The summed E-state index contributed by atoms with van der Waals surface area (Å²) >= 11 is 0. The summed E-state index contributed by atoms with van der Waals surface area (Å²) in [7, 11) is 0. The van der Waals surface area contributed by atoms with Crippen LogP contribution in [0.5, 0.6) is 0 Å². The Bertz CT molecular complexity index is 412. The summed E-state index contributed by atoms with van der Waals surface area (Å²) in [4.78, 5) is 14.4. The maximum atomic E-state index is 12.0. The Morgan fingerprint density at radius 2 is 1.90 bits per heavy atom. The summed E-state index contributed by atoms with van der Waals surface area (Å²) < 4.78 is 0. The fraction of sp³-hybridized carbons (Fsp3) is 0.611. The number of carbonyl (C=O) groups is 1. The van der Waals surface area contributed by atoms with E-state index in [1.165, 1.54) is 24.8 Å². The van der Waals surface area contributed by atoms with Crippen LogP contribution < -0.4 is 5.32 Å². The lowest BCUT2D eigenvalue weighted by molar-refractivity contribution is -0.122. The molecule has 0 aliphatic carbocycles. The highest BCUT2D eigenvalue weighted by Crippen LogP contribution is 2.13. The molecule has 1 aliphatic rings. The van der Waals surface area contributed by atoms with E-state index in [0.29, 0.717) is 12.5 Å². The van der Waals surface area contributed by atoms with Crippen LogP contribution in [0.4, 0.5) is 0 Å². The molecule has 0 spiro atoms. The van der Waals surface area contributed by atoms with Gasteiger partial charge in [0.2, 0.25) is 5.91 Å². The third kappa shape index (κ3) is 5.88. The number of hydrogen-bond donors (Lipinski definition) is 1. The van der Waals surface area contributed by atoms with Crippen molar-refractivity contribution in [2.75, 3.05) is 19.6 Å². The fourth-order valence-corrected chi connectivity index (χ4v) is 2.99. The van der Waals surface area contributed by atoms with Gasteiger partial charge in [-0.15, -0.1) is 0 Å². The third-order valence-electron chi connectivity index (χ3n) is 4.30. The Morgan fingerprint density at radius 3 is 2.62 bits per heavy atom. The van der Waals surface area contributed by atoms with Crippen molar-refractivity contribution in [2.45, 2.75) is 51.5 Å². The SMILES string of the molecule is CC(CC(=O)NCCCc1ccccc1)N1CCCCC1. The van der Waals surface area contributed by atoms with Gasteiger partial charge in [-0.3, -0.25) is 4.79 Å². The van der Waals surface area contributed by atoms with Gasteiger partial charge in [-0.25, -0.2) is 0 Å². The molecule has 1 fully saturated rings. The fourth-order valence-electron chi connectivity index (χ4n) is 2.99. The van der Waals surface area contributed by atoms with Crippen molar-refractivity contribution in [3.05, 3.63) is 35.9 Å². The van der Waals surface area contributed by atoms with Crippen molar-refractivity contribution in [1.82, 2.24) is 10.2 Å². The zero-order valence-corrected chi connectivity index (χ0v) is 13.2. The molecule has 2 rings (SSSR count). The molecule has 0 saturated carbocycles. The molecule has 21 heavy (non-hydrogen) atoms. The predicted octanol–water partition coefficient (Wildman–Crippen LogP) is 3.00. The lowest BCUT2D eigenvalue weighted by Gasteiger charge is -2.31. The van der Waals surface area contributed by atoms with E-state index in [1.807, 2.05) is 6.07 Å². The van der Waals surface area contributed by atoms with Gasteiger partial charge >= 0.3 is 0 Å². The molecule has 1 heterocycles. The zero-order valence-electron chi connectivity index (χ0n) is 13.2. The smallest absolute Gasteiger partial charge is 0.221 e. The molecule has 116 valence electrons. The molecular formula is C18H28N2O. The molecule has 3 heteroatoms. The normalized spacial score (nSPS) is 17.4. The topological polar surface area (TPSA) is 32.3 Å². The first kappa shape index (κ1) is 16.0. The number of carbonyl (C=O) groups excluding carboxylic acids is 1. The van der Waals surface area contributed by atoms with Gasteiger partial charge < -0.3 is 10.2 Å². The van der Waals surface area contributed by atoms with E-state index in [4.69, 9.17) is 0 Å². The van der Waals surface area contributed by atoms with E-state index in [1.54, 1.807) is 0 Å². The average molecular weight is 288 g/mol. The zero-order chi connectivity index (χ0) is 14.9. The van der Waals surface area contributed by atoms with Gasteiger partial charge in [-0.2, -0.15) is 0 Å². The van der Waals surface area contributed by atoms with Crippen molar-refractivity contribution in [1.29, 1.82) is 0 Å². The number of likely N-dealkylation sites (tertiary alicyclic amines) is 1. The molecule has 1 aliphatic heterocycles. The van der Waals surface area contributed by atoms with Crippen LogP contribution in [-0.2, 0) is 11.2 Å². The summed E-state index contributed by atoms with van der Waals surface area (Å²) in [6, 6.07) is 10.8. The highest BCUT2D eigenvalue weighted by molar-refractivity contribution is 5.76. The molecule has 1 N–H and O–H groups in total. The lowest BCUT2D eigenvalue weighted by atomic mass is 10.1. The second-order valence-electron chi connectivity index (χ2n) is 6.09. The average Bonchev–Trinajstić information content (AvgIpc) is 2.53. The highest BCUT2D eigenvalue weighted by atomic mass is 16.1. The predicted molar refractivity (Wildman–Crippen MR) is 87.3 cm³/mol. The van der Waals surface area contributed by atoms with Gasteiger partial charge in [0.1, 0.15) is 0 Å². The molecular weight excluding hydrogens is 260 g/mol. The minimum absolute atomic E-state index is 0.195. The van der Waals surface area contributed by atoms with Gasteiger partial charge in [0.05, 0.1) is 0 Å². The van der Waals surface area contributed by atoms with Crippen LogP contribution in [0.15, 0.2) is 30.3 Å². The first-order chi connectivity index (χ1) is 10.3. The molecule has 1 saturated heterocycles. The summed E-state index contributed by atoms with van der Waals surface area (Å²) in [6.07, 6.45) is 6.57. The molecule has 1 unspecified atom stereocenters. The number of aryl methyl sites for hydroxylation is 1. The Hall–Kier alpha value is -1.35. The van der Waals surface area contributed by atoms with E-state index in [0.717, 1.165) is 32.5 Å². The maximum Gasteiger partial charge on any atom is 0.221 e. The number of amides is 1. The standard InChI is InChI=1S/C18H28N2O/c1-16(20-13-6-3-7-14-20)15-18(21)19-12-8-11-17-9-4-2-5-10-17/h2,4-5,9-10,16H,3,6-8,11-15H2,1H3,(H,19,21). The van der Waals surface area contributed by atoms with E-state index in [-0.39, 0.29) is 5.91 Å². The second kappa shape index (κ2) is 8.83. The summed E-state index contributed by atoms with van der Waals surface area (Å²) in [6.45, 7) is 5.26. The van der Waals surface area contributed by atoms with Gasteiger partial charge in [-0.1, -0.05) is 36.8 Å². The Balaban J connectivity index is 1.58. The van der Waals surface area contributed by atoms with Crippen LogP contribution in [0.25, 0.3) is 0 Å². The summed E-state index contributed by atoms with van der Waals surface area (Å²) in [5.74, 6) is 0.195. The van der Waals surface area contributed by atoms with Crippen molar-refractivity contribution in [3.63, 3.8) is 0 Å².